The molecule has 20 heavy (non-hydrogen) atoms. The van der Waals surface area contributed by atoms with Crippen molar-refractivity contribution in [3.63, 3.8) is 0 Å². The van der Waals surface area contributed by atoms with E-state index in [1.54, 1.807) is 0 Å². The van der Waals surface area contributed by atoms with Crippen molar-refractivity contribution in [2.24, 2.45) is 0 Å². The lowest BCUT2D eigenvalue weighted by molar-refractivity contribution is 0.557. The minimum Gasteiger partial charge on any atom is -0.310 e. The molecule has 3 aromatic rings. The molecule has 0 amide bonds. The van der Waals surface area contributed by atoms with Crippen LogP contribution >= 0.6 is 11.3 Å². The summed E-state index contributed by atoms with van der Waals surface area (Å²) in [6.45, 7) is 3.12. The summed E-state index contributed by atoms with van der Waals surface area (Å²) in [7, 11) is 0. The third-order valence-corrected chi connectivity index (χ3v) is 4.39. The van der Waals surface area contributed by atoms with Crippen molar-refractivity contribution in [3.8, 4) is 0 Å². The van der Waals surface area contributed by atoms with Gasteiger partial charge in [0.2, 0.25) is 0 Å². The molecule has 2 heterocycles. The Hall–Kier alpha value is -1.71. The van der Waals surface area contributed by atoms with Crippen molar-refractivity contribution in [1.82, 2.24) is 10.3 Å². The first kappa shape index (κ1) is 13.3. The van der Waals surface area contributed by atoms with E-state index in [0.29, 0.717) is 6.04 Å². The van der Waals surface area contributed by atoms with Crippen LogP contribution in [0.25, 0.3) is 10.9 Å². The topological polar surface area (TPSA) is 24.9 Å². The molecule has 0 saturated carbocycles. The fourth-order valence-electron chi connectivity index (χ4n) is 2.60. The van der Waals surface area contributed by atoms with E-state index < -0.39 is 0 Å². The van der Waals surface area contributed by atoms with Crippen LogP contribution in [0.15, 0.2) is 54.0 Å². The number of nitrogens with one attached hydrogen (secondary N) is 1. The molecule has 1 N–H and O–H groups in total. The van der Waals surface area contributed by atoms with Crippen molar-refractivity contribution in [3.05, 3.63) is 64.5 Å². The zero-order valence-corrected chi connectivity index (χ0v) is 12.4. The van der Waals surface area contributed by atoms with Gasteiger partial charge in [-0.1, -0.05) is 31.2 Å². The summed E-state index contributed by atoms with van der Waals surface area (Å²) in [5.41, 5.74) is 2.41. The fraction of sp³-hybridized carbons (Fsp3) is 0.235. The first-order chi connectivity index (χ1) is 9.88. The van der Waals surface area contributed by atoms with E-state index >= 15 is 0 Å². The molecule has 3 heteroatoms. The van der Waals surface area contributed by atoms with Gasteiger partial charge in [0.25, 0.3) is 0 Å². The van der Waals surface area contributed by atoms with Crippen molar-refractivity contribution in [2.45, 2.75) is 19.4 Å². The van der Waals surface area contributed by atoms with Gasteiger partial charge in [0.15, 0.2) is 0 Å². The maximum atomic E-state index is 4.46. The number of benzene rings is 1. The summed E-state index contributed by atoms with van der Waals surface area (Å²) in [5, 5.41) is 7.00. The average molecular weight is 282 g/mol. The standard InChI is InChI=1S/C17H18N2S/c1-2-18-17(12-13-6-5-11-20-13)15-7-3-9-16-14(15)8-4-10-19-16/h3-11,17-18H,2,12H2,1H3. The highest BCUT2D eigenvalue weighted by Crippen LogP contribution is 2.27. The second kappa shape index (κ2) is 6.16. The Morgan fingerprint density at radius 2 is 2.10 bits per heavy atom. The minimum atomic E-state index is 0.339. The zero-order chi connectivity index (χ0) is 13.8. The number of likely N-dealkylation sites (N-methyl/N-ethyl adjacent to an activating group) is 1. The van der Waals surface area contributed by atoms with Crippen molar-refractivity contribution in [2.75, 3.05) is 6.54 Å². The highest BCUT2D eigenvalue weighted by molar-refractivity contribution is 7.09. The highest BCUT2D eigenvalue weighted by atomic mass is 32.1. The number of aromatic nitrogens is 1. The Morgan fingerprint density at radius 3 is 2.90 bits per heavy atom. The molecule has 0 spiro atoms. The van der Waals surface area contributed by atoms with Gasteiger partial charge in [0, 0.05) is 28.9 Å². The van der Waals surface area contributed by atoms with Gasteiger partial charge in [0.1, 0.15) is 0 Å². The summed E-state index contributed by atoms with van der Waals surface area (Å²) in [5.74, 6) is 0. The molecule has 0 aliphatic carbocycles. The molecule has 1 unspecified atom stereocenters. The summed E-state index contributed by atoms with van der Waals surface area (Å²) in [6.07, 6.45) is 2.88. The first-order valence-corrected chi connectivity index (χ1v) is 7.86. The molecule has 0 fully saturated rings. The lowest BCUT2D eigenvalue weighted by Crippen LogP contribution is -2.22. The van der Waals surface area contributed by atoms with Crippen LogP contribution in [-0.2, 0) is 6.42 Å². The maximum Gasteiger partial charge on any atom is 0.0705 e. The van der Waals surface area contributed by atoms with E-state index in [-0.39, 0.29) is 0 Å². The second-order valence-corrected chi connectivity index (χ2v) is 5.84. The molecule has 2 aromatic heterocycles. The van der Waals surface area contributed by atoms with Crippen molar-refractivity contribution in [1.29, 1.82) is 0 Å². The monoisotopic (exact) mass is 282 g/mol. The van der Waals surface area contributed by atoms with Crippen LogP contribution in [0.3, 0.4) is 0 Å². The summed E-state index contributed by atoms with van der Waals surface area (Å²) >= 11 is 1.82. The van der Waals surface area contributed by atoms with Gasteiger partial charge >= 0.3 is 0 Å². The van der Waals surface area contributed by atoms with E-state index in [2.05, 4.69) is 59.0 Å². The largest absolute Gasteiger partial charge is 0.310 e. The zero-order valence-electron chi connectivity index (χ0n) is 11.5. The number of rotatable bonds is 5. The minimum absolute atomic E-state index is 0.339. The van der Waals surface area contributed by atoms with Crippen molar-refractivity contribution < 1.29 is 0 Å². The number of hydrogen-bond acceptors (Lipinski definition) is 3. The third kappa shape index (κ3) is 2.74. The summed E-state index contributed by atoms with van der Waals surface area (Å²) in [4.78, 5) is 5.87. The van der Waals surface area contributed by atoms with E-state index in [1.807, 2.05) is 23.6 Å². The molecule has 0 aliphatic rings. The lowest BCUT2D eigenvalue weighted by atomic mass is 9.98. The van der Waals surface area contributed by atoms with Crippen LogP contribution in [0.2, 0.25) is 0 Å². The van der Waals surface area contributed by atoms with Gasteiger partial charge in [-0.3, -0.25) is 4.98 Å². The molecule has 2 nitrogen and oxygen atoms in total. The molecule has 0 bridgehead atoms. The molecule has 0 radical (unpaired) electrons. The van der Waals surface area contributed by atoms with E-state index in [9.17, 15) is 0 Å². The van der Waals surface area contributed by atoms with Crippen LogP contribution in [0.5, 0.6) is 0 Å². The van der Waals surface area contributed by atoms with Gasteiger partial charge in [-0.05, 0) is 35.7 Å². The molecular weight excluding hydrogens is 264 g/mol. The van der Waals surface area contributed by atoms with E-state index in [1.165, 1.54) is 15.8 Å². The van der Waals surface area contributed by atoms with Crippen LogP contribution in [0, 0.1) is 0 Å². The first-order valence-electron chi connectivity index (χ1n) is 6.98. The predicted octanol–water partition coefficient (Wildman–Crippen LogP) is 4.19. The lowest BCUT2D eigenvalue weighted by Gasteiger charge is -2.19. The van der Waals surface area contributed by atoms with Gasteiger partial charge in [-0.25, -0.2) is 0 Å². The SMILES string of the molecule is CCNC(Cc1cccs1)c1cccc2ncccc12. The molecular formula is C17H18N2S. The number of hydrogen-bond donors (Lipinski definition) is 1. The smallest absolute Gasteiger partial charge is 0.0705 e. The number of pyridine rings is 1. The Labute approximate surface area is 123 Å². The molecule has 1 atom stereocenters. The van der Waals surface area contributed by atoms with Gasteiger partial charge in [-0.2, -0.15) is 0 Å². The predicted molar refractivity (Wildman–Crippen MR) is 86.2 cm³/mol. The van der Waals surface area contributed by atoms with E-state index in [0.717, 1.165) is 18.5 Å². The Morgan fingerprint density at radius 1 is 1.15 bits per heavy atom. The maximum absolute atomic E-state index is 4.46. The fourth-order valence-corrected chi connectivity index (χ4v) is 3.35. The molecule has 1 aromatic carbocycles. The van der Waals surface area contributed by atoms with Crippen LogP contribution in [0.4, 0.5) is 0 Å². The Bertz CT molecular complexity index is 671. The number of fused-ring (bicyclic) bond motifs is 1. The quantitative estimate of drug-likeness (QED) is 0.759. The number of nitrogens with zero attached hydrogens (tertiary/aromatic N) is 1. The molecule has 3 rings (SSSR count). The third-order valence-electron chi connectivity index (χ3n) is 3.49. The molecule has 0 saturated heterocycles. The molecule has 102 valence electrons. The van der Waals surface area contributed by atoms with Crippen molar-refractivity contribution >= 4 is 22.2 Å². The number of thiophene rings is 1. The summed E-state index contributed by atoms with van der Waals surface area (Å²) in [6, 6.07) is 15.2. The normalized spacial score (nSPS) is 12.7. The second-order valence-electron chi connectivity index (χ2n) is 4.81. The van der Waals surface area contributed by atoms with Crippen LogP contribution < -0.4 is 5.32 Å². The summed E-state index contributed by atoms with van der Waals surface area (Å²) < 4.78 is 0. The van der Waals surface area contributed by atoms with Gasteiger partial charge in [-0.15, -0.1) is 11.3 Å². The molecule has 0 aliphatic heterocycles. The van der Waals surface area contributed by atoms with Gasteiger partial charge in [0.05, 0.1) is 5.52 Å². The Kier molecular flexibility index (Phi) is 4.09. The van der Waals surface area contributed by atoms with Crippen LogP contribution in [0.1, 0.15) is 23.4 Å². The van der Waals surface area contributed by atoms with E-state index in [4.69, 9.17) is 0 Å². The van der Waals surface area contributed by atoms with Gasteiger partial charge < -0.3 is 5.32 Å². The van der Waals surface area contributed by atoms with Crippen LogP contribution in [-0.4, -0.2) is 11.5 Å². The Balaban J connectivity index is 2.00. The average Bonchev–Trinajstić information content (AvgIpc) is 2.99. The highest BCUT2D eigenvalue weighted by Gasteiger charge is 2.14.